The molecule has 0 saturated heterocycles. The molecule has 1 aliphatic heterocycles. The summed E-state index contributed by atoms with van der Waals surface area (Å²) in [5.74, 6) is 0.326. The molecule has 6 aromatic carbocycles. The summed E-state index contributed by atoms with van der Waals surface area (Å²) >= 11 is 0. The van der Waals surface area contributed by atoms with E-state index in [1.54, 1.807) is 0 Å². The van der Waals surface area contributed by atoms with Gasteiger partial charge in [-0.2, -0.15) is 0 Å². The second-order valence-electron chi connectivity index (χ2n) is 12.1. The van der Waals surface area contributed by atoms with E-state index in [0.29, 0.717) is 5.92 Å². The van der Waals surface area contributed by atoms with Gasteiger partial charge in [0.1, 0.15) is 11.2 Å². The number of benzene rings is 6. The van der Waals surface area contributed by atoms with Crippen LogP contribution in [0.3, 0.4) is 0 Å². The highest BCUT2D eigenvalue weighted by atomic mass is 16.3. The predicted molar refractivity (Wildman–Crippen MR) is 187 cm³/mol. The molecule has 2 aliphatic rings. The van der Waals surface area contributed by atoms with Crippen molar-refractivity contribution in [2.45, 2.75) is 12.0 Å². The number of hydrogen-bond acceptors (Lipinski definition) is 2. The maximum absolute atomic E-state index is 6.66. The molecule has 0 radical (unpaired) electrons. The number of hydrogen-bond donors (Lipinski definition) is 0. The molecule has 8 aromatic rings. The Bertz CT molecular complexity index is 2510. The Morgan fingerprint density at radius 2 is 1.29 bits per heavy atom. The molecule has 45 heavy (non-hydrogen) atoms. The van der Waals surface area contributed by atoms with Crippen molar-refractivity contribution in [3.63, 3.8) is 0 Å². The number of fused-ring (bicyclic) bond motifs is 9. The van der Waals surface area contributed by atoms with E-state index < -0.39 is 0 Å². The lowest BCUT2D eigenvalue weighted by Gasteiger charge is -2.29. The van der Waals surface area contributed by atoms with Gasteiger partial charge in [-0.05, 0) is 65.7 Å². The monoisotopic (exact) mass is 576 g/mol. The highest BCUT2D eigenvalue weighted by Crippen LogP contribution is 2.50. The molecule has 0 fully saturated rings. The maximum atomic E-state index is 6.66. The third-order valence-corrected chi connectivity index (χ3v) is 9.70. The lowest BCUT2D eigenvalue weighted by Crippen LogP contribution is -2.28. The number of anilines is 2. The molecular formula is C42H28N2O. The molecule has 0 spiro atoms. The third-order valence-electron chi connectivity index (χ3n) is 9.70. The number of rotatable bonds is 3. The summed E-state index contributed by atoms with van der Waals surface area (Å²) in [4.78, 5) is 2.52. The Morgan fingerprint density at radius 1 is 0.533 bits per heavy atom. The molecule has 3 heterocycles. The Hall–Kier alpha value is -5.80. The maximum Gasteiger partial charge on any atom is 0.143 e. The average Bonchev–Trinajstić information content (AvgIpc) is 3.76. The van der Waals surface area contributed by atoms with Crippen LogP contribution in [-0.2, 0) is 0 Å². The SMILES string of the molecule is C1=CC2c3ccccc3N(c3cc(-c4ccc5c(c4)c4ccccc4n5-c4ccccc4)c4oc5ccccc5c4c3)C2C=C1. The summed E-state index contributed by atoms with van der Waals surface area (Å²) in [6, 6.07) is 48.4. The molecule has 3 nitrogen and oxygen atoms in total. The highest BCUT2D eigenvalue weighted by molar-refractivity contribution is 6.14. The van der Waals surface area contributed by atoms with Gasteiger partial charge in [-0.3, -0.25) is 0 Å². The summed E-state index contributed by atoms with van der Waals surface area (Å²) in [6.07, 6.45) is 9.04. The molecule has 212 valence electrons. The first kappa shape index (κ1) is 24.6. The van der Waals surface area contributed by atoms with Gasteiger partial charge in [-0.15, -0.1) is 0 Å². The minimum absolute atomic E-state index is 0.224. The zero-order chi connectivity index (χ0) is 29.5. The van der Waals surface area contributed by atoms with Gasteiger partial charge < -0.3 is 13.9 Å². The van der Waals surface area contributed by atoms with E-state index in [4.69, 9.17) is 4.42 Å². The number of allylic oxidation sites excluding steroid dienone is 2. The van der Waals surface area contributed by atoms with Crippen molar-refractivity contribution >= 4 is 55.1 Å². The fourth-order valence-electron chi connectivity index (χ4n) is 7.75. The lowest BCUT2D eigenvalue weighted by atomic mass is 9.91. The molecule has 3 heteroatoms. The molecule has 0 saturated carbocycles. The zero-order valence-corrected chi connectivity index (χ0v) is 24.5. The lowest BCUT2D eigenvalue weighted by molar-refractivity contribution is 0.670. The van der Waals surface area contributed by atoms with Gasteiger partial charge in [-0.25, -0.2) is 0 Å². The van der Waals surface area contributed by atoms with Crippen LogP contribution < -0.4 is 4.90 Å². The van der Waals surface area contributed by atoms with Gasteiger partial charge in [0, 0.05) is 50.1 Å². The van der Waals surface area contributed by atoms with Crippen LogP contribution >= 0.6 is 0 Å². The second-order valence-corrected chi connectivity index (χ2v) is 12.1. The minimum Gasteiger partial charge on any atom is -0.455 e. The van der Waals surface area contributed by atoms with E-state index in [-0.39, 0.29) is 6.04 Å². The minimum atomic E-state index is 0.224. The van der Waals surface area contributed by atoms with E-state index in [2.05, 4.69) is 167 Å². The van der Waals surface area contributed by atoms with Crippen LogP contribution in [0.15, 0.2) is 162 Å². The van der Waals surface area contributed by atoms with Crippen LogP contribution in [0.1, 0.15) is 11.5 Å². The Labute approximate surface area is 260 Å². The third kappa shape index (κ3) is 3.52. The van der Waals surface area contributed by atoms with Crippen molar-refractivity contribution in [2.75, 3.05) is 4.90 Å². The van der Waals surface area contributed by atoms with Gasteiger partial charge in [0.2, 0.25) is 0 Å². The molecule has 0 N–H and O–H groups in total. The summed E-state index contributed by atoms with van der Waals surface area (Å²) in [5.41, 5.74) is 11.5. The molecule has 2 unspecified atom stereocenters. The molecule has 1 aliphatic carbocycles. The van der Waals surface area contributed by atoms with Gasteiger partial charge in [0.25, 0.3) is 0 Å². The molecular weight excluding hydrogens is 548 g/mol. The molecule has 2 atom stereocenters. The largest absolute Gasteiger partial charge is 0.455 e. The van der Waals surface area contributed by atoms with Crippen LogP contribution in [0.25, 0.3) is 60.6 Å². The van der Waals surface area contributed by atoms with Crippen LogP contribution in [0, 0.1) is 0 Å². The van der Waals surface area contributed by atoms with Crippen molar-refractivity contribution in [2.24, 2.45) is 0 Å². The van der Waals surface area contributed by atoms with Gasteiger partial charge in [-0.1, -0.05) is 103 Å². The quantitative estimate of drug-likeness (QED) is 0.209. The first-order valence-corrected chi connectivity index (χ1v) is 15.6. The normalized spacial score (nSPS) is 17.1. The number of nitrogens with zero attached hydrogens (tertiary/aromatic N) is 2. The van der Waals surface area contributed by atoms with E-state index >= 15 is 0 Å². The number of para-hydroxylation sites is 4. The Balaban J connectivity index is 1.25. The van der Waals surface area contributed by atoms with Gasteiger partial charge >= 0.3 is 0 Å². The summed E-state index contributed by atoms with van der Waals surface area (Å²) in [6.45, 7) is 0. The summed E-state index contributed by atoms with van der Waals surface area (Å²) < 4.78 is 9.02. The fraction of sp³-hybridized carbons (Fsp3) is 0.0476. The molecule has 2 aromatic heterocycles. The van der Waals surface area contributed by atoms with Crippen LogP contribution in [0.5, 0.6) is 0 Å². The standard InChI is InChI=1S/C42H28N2O/c1-2-12-28(13-3-1)43-39-20-10-6-16-32(39)35-24-27(22-23-40(35)43)34-25-29(26-36-33-17-7-11-21-41(33)45-42(34)36)44-37-18-8-4-14-30(37)31-15-5-9-19-38(31)44/h1-26,30,37H. The predicted octanol–water partition coefficient (Wildman–Crippen LogP) is 11.1. The van der Waals surface area contributed by atoms with Crippen molar-refractivity contribution in [3.8, 4) is 16.8 Å². The first-order valence-electron chi connectivity index (χ1n) is 15.6. The van der Waals surface area contributed by atoms with Crippen molar-refractivity contribution in [1.82, 2.24) is 4.57 Å². The Morgan fingerprint density at radius 3 is 2.22 bits per heavy atom. The van der Waals surface area contributed by atoms with Crippen LogP contribution in [0.2, 0.25) is 0 Å². The fourth-order valence-corrected chi connectivity index (χ4v) is 7.75. The average molecular weight is 577 g/mol. The molecule has 0 bridgehead atoms. The molecule has 0 amide bonds. The number of furan rings is 1. The van der Waals surface area contributed by atoms with Crippen molar-refractivity contribution in [1.29, 1.82) is 0 Å². The Kier molecular flexibility index (Phi) is 5.11. The van der Waals surface area contributed by atoms with Crippen molar-refractivity contribution < 1.29 is 4.42 Å². The van der Waals surface area contributed by atoms with Gasteiger partial charge in [0.05, 0.1) is 17.1 Å². The van der Waals surface area contributed by atoms with Gasteiger partial charge in [0.15, 0.2) is 0 Å². The van der Waals surface area contributed by atoms with Crippen molar-refractivity contribution in [3.05, 3.63) is 163 Å². The van der Waals surface area contributed by atoms with Crippen LogP contribution in [0.4, 0.5) is 11.4 Å². The summed E-state index contributed by atoms with van der Waals surface area (Å²) in [5, 5.41) is 4.75. The van der Waals surface area contributed by atoms with E-state index in [1.807, 2.05) is 0 Å². The van der Waals surface area contributed by atoms with Crippen LogP contribution in [-0.4, -0.2) is 10.6 Å². The second kappa shape index (κ2) is 9.35. The number of aromatic nitrogens is 1. The highest BCUT2D eigenvalue weighted by Gasteiger charge is 2.37. The molecule has 10 rings (SSSR count). The summed E-state index contributed by atoms with van der Waals surface area (Å²) in [7, 11) is 0. The first-order chi connectivity index (χ1) is 22.3. The van der Waals surface area contributed by atoms with E-state index in [9.17, 15) is 0 Å². The smallest absolute Gasteiger partial charge is 0.143 e. The van der Waals surface area contributed by atoms with E-state index in [0.717, 1.165) is 38.8 Å². The topological polar surface area (TPSA) is 21.3 Å². The zero-order valence-electron chi connectivity index (χ0n) is 24.5. The van der Waals surface area contributed by atoms with E-state index in [1.165, 1.54) is 38.7 Å².